The lowest BCUT2D eigenvalue weighted by atomic mass is 10.1. The molecule has 3 aromatic rings. The summed E-state index contributed by atoms with van der Waals surface area (Å²) in [5.41, 5.74) is 1.34. The first-order valence-corrected chi connectivity index (χ1v) is 7.82. The molecule has 120 valence electrons. The average Bonchev–Trinajstić information content (AvgIpc) is 2.61. The molecular formula is C19H16N2O2S. The normalized spacial score (nSPS) is 10.2. The Hall–Kier alpha value is -2.92. The number of fused-ring (bicyclic) bond motifs is 1. The van der Waals surface area contributed by atoms with Crippen LogP contribution in [0.3, 0.4) is 0 Å². The van der Waals surface area contributed by atoms with E-state index in [9.17, 15) is 4.79 Å². The monoisotopic (exact) mass is 336 g/mol. The minimum atomic E-state index is -0.268. The van der Waals surface area contributed by atoms with Crippen molar-refractivity contribution in [1.82, 2.24) is 5.32 Å². The number of nitrogens with one attached hydrogen (secondary N) is 2. The zero-order valence-electron chi connectivity index (χ0n) is 13.1. The first kappa shape index (κ1) is 16.0. The van der Waals surface area contributed by atoms with Crippen LogP contribution in [-0.4, -0.2) is 18.1 Å². The van der Waals surface area contributed by atoms with Gasteiger partial charge in [0.15, 0.2) is 5.11 Å². The zero-order chi connectivity index (χ0) is 16.9. The number of anilines is 1. The Morgan fingerprint density at radius 2 is 1.67 bits per heavy atom. The van der Waals surface area contributed by atoms with Crippen LogP contribution in [0.25, 0.3) is 10.8 Å². The fourth-order valence-corrected chi connectivity index (χ4v) is 2.56. The molecule has 0 saturated carbocycles. The Kier molecular flexibility index (Phi) is 4.72. The number of hydrogen-bond acceptors (Lipinski definition) is 3. The van der Waals surface area contributed by atoms with Crippen LogP contribution in [0, 0.1) is 0 Å². The van der Waals surface area contributed by atoms with E-state index in [-0.39, 0.29) is 11.0 Å². The Morgan fingerprint density at radius 3 is 2.38 bits per heavy atom. The van der Waals surface area contributed by atoms with Crippen LogP contribution in [0.5, 0.6) is 5.75 Å². The lowest BCUT2D eigenvalue weighted by Crippen LogP contribution is -2.34. The predicted octanol–water partition coefficient (Wildman–Crippen LogP) is 3.98. The van der Waals surface area contributed by atoms with Gasteiger partial charge in [0.1, 0.15) is 5.75 Å². The third-order valence-electron chi connectivity index (χ3n) is 3.59. The highest BCUT2D eigenvalue weighted by Gasteiger charge is 2.08. The van der Waals surface area contributed by atoms with Crippen molar-refractivity contribution in [3.63, 3.8) is 0 Å². The number of carbonyl (C=O) groups excluding carboxylic acids is 1. The van der Waals surface area contributed by atoms with E-state index in [4.69, 9.17) is 17.0 Å². The van der Waals surface area contributed by atoms with Crippen molar-refractivity contribution in [1.29, 1.82) is 0 Å². The maximum absolute atomic E-state index is 12.2. The molecule has 0 spiro atoms. The van der Waals surface area contributed by atoms with Gasteiger partial charge >= 0.3 is 0 Å². The van der Waals surface area contributed by atoms with Crippen LogP contribution in [0.2, 0.25) is 0 Å². The van der Waals surface area contributed by atoms with Crippen molar-refractivity contribution in [3.05, 3.63) is 72.3 Å². The van der Waals surface area contributed by atoms with E-state index in [0.717, 1.165) is 16.5 Å². The second-order valence-corrected chi connectivity index (χ2v) is 5.61. The molecule has 0 bridgehead atoms. The van der Waals surface area contributed by atoms with Gasteiger partial charge in [0.25, 0.3) is 5.91 Å². The van der Waals surface area contributed by atoms with Crippen molar-refractivity contribution in [2.24, 2.45) is 0 Å². The number of carbonyl (C=O) groups is 1. The minimum Gasteiger partial charge on any atom is -0.497 e. The molecule has 0 aromatic heterocycles. The largest absolute Gasteiger partial charge is 0.497 e. The summed E-state index contributed by atoms with van der Waals surface area (Å²) in [4.78, 5) is 12.2. The molecule has 0 saturated heterocycles. The van der Waals surface area contributed by atoms with Crippen LogP contribution in [0.4, 0.5) is 5.69 Å². The second-order valence-electron chi connectivity index (χ2n) is 5.20. The molecule has 0 aliphatic carbocycles. The fourth-order valence-electron chi connectivity index (χ4n) is 2.35. The second kappa shape index (κ2) is 7.10. The predicted molar refractivity (Wildman–Crippen MR) is 101 cm³/mol. The van der Waals surface area contributed by atoms with Crippen LogP contribution in [-0.2, 0) is 0 Å². The Labute approximate surface area is 145 Å². The highest BCUT2D eigenvalue weighted by atomic mass is 32.1. The maximum atomic E-state index is 12.2. The molecule has 0 radical (unpaired) electrons. The summed E-state index contributed by atoms with van der Waals surface area (Å²) >= 11 is 5.22. The molecule has 2 N–H and O–H groups in total. The van der Waals surface area contributed by atoms with Gasteiger partial charge < -0.3 is 10.1 Å². The molecule has 1 amide bonds. The summed E-state index contributed by atoms with van der Waals surface area (Å²) in [5, 5.41) is 8.21. The summed E-state index contributed by atoms with van der Waals surface area (Å²) in [7, 11) is 1.58. The summed E-state index contributed by atoms with van der Waals surface area (Å²) in [6.07, 6.45) is 0. The van der Waals surface area contributed by atoms with Gasteiger partial charge in [0, 0.05) is 11.3 Å². The van der Waals surface area contributed by atoms with Gasteiger partial charge in [-0.05, 0) is 59.4 Å². The SMILES string of the molecule is COc1ccc(C(=O)NC(=S)Nc2ccc3ccccc3c2)cc1. The van der Waals surface area contributed by atoms with E-state index in [1.54, 1.807) is 31.4 Å². The van der Waals surface area contributed by atoms with Crippen molar-refractivity contribution in [2.45, 2.75) is 0 Å². The number of amides is 1. The third kappa shape index (κ3) is 3.70. The lowest BCUT2D eigenvalue weighted by molar-refractivity contribution is 0.0977. The highest BCUT2D eigenvalue weighted by Crippen LogP contribution is 2.18. The minimum absolute atomic E-state index is 0.256. The summed E-state index contributed by atoms with van der Waals surface area (Å²) in [6, 6.07) is 20.8. The molecule has 0 aliphatic rings. The number of thiocarbonyl (C=S) groups is 1. The first-order valence-electron chi connectivity index (χ1n) is 7.41. The van der Waals surface area contributed by atoms with Crippen molar-refractivity contribution in [2.75, 3.05) is 12.4 Å². The standard InChI is InChI=1S/C19H16N2O2S/c1-23-17-10-7-14(8-11-17)18(22)21-19(24)20-16-9-6-13-4-2-3-5-15(13)12-16/h2-12H,1H3,(H2,20,21,22,24). The quantitative estimate of drug-likeness (QED) is 0.711. The fraction of sp³-hybridized carbons (Fsp3) is 0.0526. The molecule has 5 heteroatoms. The number of benzene rings is 3. The van der Waals surface area contributed by atoms with Gasteiger partial charge in [-0.15, -0.1) is 0 Å². The smallest absolute Gasteiger partial charge is 0.257 e. The van der Waals surface area contributed by atoms with Gasteiger partial charge in [-0.3, -0.25) is 10.1 Å². The van der Waals surface area contributed by atoms with Crippen molar-refractivity contribution in [3.8, 4) is 5.75 Å². The van der Waals surface area contributed by atoms with E-state index in [1.165, 1.54) is 0 Å². The molecule has 0 fully saturated rings. The number of hydrogen-bond donors (Lipinski definition) is 2. The summed E-state index contributed by atoms with van der Waals surface area (Å²) < 4.78 is 5.07. The Morgan fingerprint density at radius 1 is 0.958 bits per heavy atom. The van der Waals surface area contributed by atoms with Gasteiger partial charge in [-0.1, -0.05) is 30.3 Å². The van der Waals surface area contributed by atoms with Gasteiger partial charge in [-0.25, -0.2) is 0 Å². The topological polar surface area (TPSA) is 50.4 Å². The molecule has 4 nitrogen and oxygen atoms in total. The zero-order valence-corrected chi connectivity index (χ0v) is 13.9. The molecule has 0 aliphatic heterocycles. The lowest BCUT2D eigenvalue weighted by Gasteiger charge is -2.10. The van der Waals surface area contributed by atoms with E-state index in [1.807, 2.05) is 42.5 Å². The number of methoxy groups -OCH3 is 1. The average molecular weight is 336 g/mol. The van der Waals surface area contributed by atoms with E-state index < -0.39 is 0 Å². The molecule has 0 heterocycles. The van der Waals surface area contributed by atoms with Crippen LogP contribution >= 0.6 is 12.2 Å². The Balaban J connectivity index is 1.66. The molecular weight excluding hydrogens is 320 g/mol. The van der Waals surface area contributed by atoms with E-state index in [2.05, 4.69) is 10.6 Å². The van der Waals surface area contributed by atoms with E-state index >= 15 is 0 Å². The van der Waals surface area contributed by atoms with Crippen LogP contribution in [0.15, 0.2) is 66.7 Å². The van der Waals surface area contributed by atoms with E-state index in [0.29, 0.717) is 11.3 Å². The molecule has 3 rings (SSSR count). The first-order chi connectivity index (χ1) is 11.7. The Bertz CT molecular complexity index is 891. The number of ether oxygens (including phenoxy) is 1. The number of rotatable bonds is 3. The van der Waals surface area contributed by atoms with Crippen molar-refractivity contribution < 1.29 is 9.53 Å². The van der Waals surface area contributed by atoms with Gasteiger partial charge in [-0.2, -0.15) is 0 Å². The third-order valence-corrected chi connectivity index (χ3v) is 3.79. The molecule has 24 heavy (non-hydrogen) atoms. The van der Waals surface area contributed by atoms with Crippen molar-refractivity contribution >= 4 is 39.7 Å². The molecule has 0 unspecified atom stereocenters. The summed E-state index contributed by atoms with van der Waals surface area (Å²) in [6.45, 7) is 0. The van der Waals surface area contributed by atoms with Gasteiger partial charge in [0.05, 0.1) is 7.11 Å². The van der Waals surface area contributed by atoms with Gasteiger partial charge in [0.2, 0.25) is 0 Å². The molecule has 3 aromatic carbocycles. The summed E-state index contributed by atoms with van der Waals surface area (Å²) in [5.74, 6) is 0.430. The van der Waals surface area contributed by atoms with Crippen LogP contribution < -0.4 is 15.4 Å². The maximum Gasteiger partial charge on any atom is 0.257 e. The van der Waals surface area contributed by atoms with Crippen LogP contribution in [0.1, 0.15) is 10.4 Å². The molecule has 0 atom stereocenters. The highest BCUT2D eigenvalue weighted by molar-refractivity contribution is 7.80.